The van der Waals surface area contributed by atoms with Crippen molar-refractivity contribution < 1.29 is 9.84 Å². The van der Waals surface area contributed by atoms with Gasteiger partial charge in [-0.25, -0.2) is 0 Å². The molecule has 1 saturated carbocycles. The number of ether oxygens (including phenoxy) is 1. The lowest BCUT2D eigenvalue weighted by molar-refractivity contribution is 0.0997. The highest BCUT2D eigenvalue weighted by molar-refractivity contribution is 5.13. The summed E-state index contributed by atoms with van der Waals surface area (Å²) >= 11 is 0. The molecular weight excluding hydrogens is 200 g/mol. The molecule has 0 heterocycles. The third-order valence-corrected chi connectivity index (χ3v) is 3.89. The lowest BCUT2D eigenvalue weighted by Crippen LogP contribution is -2.01. The minimum Gasteiger partial charge on any atom is -0.396 e. The smallest absolute Gasteiger partial charge is 0.0717 e. The highest BCUT2D eigenvalue weighted by Crippen LogP contribution is 2.57. The number of hydrogen-bond donors (Lipinski definition) is 1. The average molecular weight is 220 g/mol. The first-order valence-electron chi connectivity index (χ1n) is 5.88. The molecule has 0 aliphatic heterocycles. The van der Waals surface area contributed by atoms with Gasteiger partial charge >= 0.3 is 0 Å². The number of hydrogen-bond acceptors (Lipinski definition) is 2. The molecule has 1 fully saturated rings. The summed E-state index contributed by atoms with van der Waals surface area (Å²) in [6.07, 6.45) is 0. The van der Waals surface area contributed by atoms with Crippen molar-refractivity contribution in [2.45, 2.75) is 20.5 Å². The van der Waals surface area contributed by atoms with E-state index in [0.717, 1.165) is 6.61 Å². The standard InChI is InChI=1S/C14H20O2/c1-14(2)12(8-15)13(14)10-16-9-11-6-4-3-5-7-11/h3-7,12-13,15H,8-10H2,1-2H3/t12-,13+/m1/s1. The van der Waals surface area contributed by atoms with Crippen molar-refractivity contribution in [3.8, 4) is 0 Å². The van der Waals surface area contributed by atoms with E-state index in [4.69, 9.17) is 4.74 Å². The zero-order valence-electron chi connectivity index (χ0n) is 10.0. The first kappa shape index (κ1) is 11.6. The van der Waals surface area contributed by atoms with Crippen molar-refractivity contribution in [2.75, 3.05) is 13.2 Å². The molecule has 0 radical (unpaired) electrons. The molecule has 0 amide bonds. The Hall–Kier alpha value is -0.860. The molecule has 16 heavy (non-hydrogen) atoms. The summed E-state index contributed by atoms with van der Waals surface area (Å²) in [5.74, 6) is 0.935. The zero-order chi connectivity index (χ0) is 11.6. The number of aliphatic hydroxyl groups is 1. The van der Waals surface area contributed by atoms with Crippen LogP contribution in [0.2, 0.25) is 0 Å². The maximum Gasteiger partial charge on any atom is 0.0717 e. The predicted molar refractivity (Wildman–Crippen MR) is 63.9 cm³/mol. The highest BCUT2D eigenvalue weighted by Gasteiger charge is 2.56. The largest absolute Gasteiger partial charge is 0.396 e. The van der Waals surface area contributed by atoms with Crippen LogP contribution in [0.1, 0.15) is 19.4 Å². The molecule has 0 bridgehead atoms. The molecular formula is C14H20O2. The Bertz CT molecular complexity index is 332. The second kappa shape index (κ2) is 4.56. The minimum atomic E-state index is 0.255. The summed E-state index contributed by atoms with van der Waals surface area (Å²) in [6.45, 7) is 6.11. The van der Waals surface area contributed by atoms with E-state index in [9.17, 15) is 5.11 Å². The van der Waals surface area contributed by atoms with Gasteiger partial charge in [-0.3, -0.25) is 0 Å². The van der Waals surface area contributed by atoms with Crippen molar-refractivity contribution in [3.05, 3.63) is 35.9 Å². The van der Waals surface area contributed by atoms with Crippen LogP contribution in [0.15, 0.2) is 30.3 Å². The van der Waals surface area contributed by atoms with Crippen LogP contribution in [0.4, 0.5) is 0 Å². The molecule has 2 nitrogen and oxygen atoms in total. The van der Waals surface area contributed by atoms with Crippen molar-refractivity contribution in [1.82, 2.24) is 0 Å². The van der Waals surface area contributed by atoms with Gasteiger partial charge in [-0.05, 0) is 22.8 Å². The van der Waals surface area contributed by atoms with Gasteiger partial charge in [0, 0.05) is 6.61 Å². The Balaban J connectivity index is 1.74. The summed E-state index contributed by atoms with van der Waals surface area (Å²) in [5, 5.41) is 9.17. The lowest BCUT2D eigenvalue weighted by Gasteiger charge is -2.05. The number of aliphatic hydroxyl groups excluding tert-OH is 1. The third kappa shape index (κ3) is 2.28. The van der Waals surface area contributed by atoms with Crippen LogP contribution in [0, 0.1) is 17.3 Å². The van der Waals surface area contributed by atoms with Crippen molar-refractivity contribution in [3.63, 3.8) is 0 Å². The van der Waals surface area contributed by atoms with E-state index in [1.54, 1.807) is 0 Å². The molecule has 1 aromatic rings. The molecule has 1 aliphatic rings. The average Bonchev–Trinajstić information content (AvgIpc) is 2.81. The second-order valence-corrected chi connectivity index (χ2v) is 5.22. The summed E-state index contributed by atoms with van der Waals surface area (Å²) in [5.41, 5.74) is 1.47. The van der Waals surface area contributed by atoms with E-state index in [1.807, 2.05) is 18.2 Å². The summed E-state index contributed by atoms with van der Waals surface area (Å²) in [7, 11) is 0. The van der Waals surface area contributed by atoms with E-state index in [2.05, 4.69) is 26.0 Å². The molecule has 0 spiro atoms. The summed E-state index contributed by atoms with van der Waals surface area (Å²) in [6, 6.07) is 10.2. The van der Waals surface area contributed by atoms with Gasteiger partial charge in [0.25, 0.3) is 0 Å². The van der Waals surface area contributed by atoms with Gasteiger partial charge in [-0.1, -0.05) is 44.2 Å². The number of rotatable bonds is 5. The fraction of sp³-hybridized carbons (Fsp3) is 0.571. The van der Waals surface area contributed by atoms with E-state index in [-0.39, 0.29) is 12.0 Å². The van der Waals surface area contributed by atoms with Gasteiger partial charge in [-0.15, -0.1) is 0 Å². The first-order valence-corrected chi connectivity index (χ1v) is 5.88. The van der Waals surface area contributed by atoms with Crippen molar-refractivity contribution in [1.29, 1.82) is 0 Å². The quantitative estimate of drug-likeness (QED) is 0.826. The number of benzene rings is 1. The van der Waals surface area contributed by atoms with Crippen LogP contribution in [0.3, 0.4) is 0 Å². The lowest BCUT2D eigenvalue weighted by atomic mass is 10.1. The Morgan fingerprint density at radius 2 is 1.88 bits per heavy atom. The fourth-order valence-corrected chi connectivity index (χ4v) is 2.43. The molecule has 2 atom stereocenters. The zero-order valence-corrected chi connectivity index (χ0v) is 10.0. The van der Waals surface area contributed by atoms with Crippen LogP contribution in [0.25, 0.3) is 0 Å². The highest BCUT2D eigenvalue weighted by atomic mass is 16.5. The van der Waals surface area contributed by atoms with Gasteiger partial charge in [0.2, 0.25) is 0 Å². The fourth-order valence-electron chi connectivity index (χ4n) is 2.43. The van der Waals surface area contributed by atoms with E-state index < -0.39 is 0 Å². The maximum atomic E-state index is 9.17. The van der Waals surface area contributed by atoms with Crippen molar-refractivity contribution in [2.24, 2.45) is 17.3 Å². The molecule has 88 valence electrons. The van der Waals surface area contributed by atoms with Crippen LogP contribution in [-0.4, -0.2) is 18.3 Å². The molecule has 0 unspecified atom stereocenters. The predicted octanol–water partition coefficient (Wildman–Crippen LogP) is 2.47. The first-order chi connectivity index (χ1) is 7.66. The monoisotopic (exact) mass is 220 g/mol. The molecule has 1 aromatic carbocycles. The molecule has 2 rings (SSSR count). The second-order valence-electron chi connectivity index (χ2n) is 5.22. The molecule has 0 saturated heterocycles. The van der Waals surface area contributed by atoms with E-state index >= 15 is 0 Å². The minimum absolute atomic E-state index is 0.255. The maximum absolute atomic E-state index is 9.17. The molecule has 1 aliphatic carbocycles. The van der Waals surface area contributed by atoms with Crippen LogP contribution < -0.4 is 0 Å². The molecule has 2 heteroatoms. The van der Waals surface area contributed by atoms with Crippen LogP contribution in [0.5, 0.6) is 0 Å². The van der Waals surface area contributed by atoms with E-state index in [0.29, 0.717) is 18.4 Å². The van der Waals surface area contributed by atoms with Gasteiger partial charge in [0.1, 0.15) is 0 Å². The van der Waals surface area contributed by atoms with Gasteiger partial charge in [-0.2, -0.15) is 0 Å². The third-order valence-electron chi connectivity index (χ3n) is 3.89. The normalized spacial score (nSPS) is 26.7. The van der Waals surface area contributed by atoms with Gasteiger partial charge in [0.15, 0.2) is 0 Å². The van der Waals surface area contributed by atoms with E-state index in [1.165, 1.54) is 5.56 Å². The summed E-state index contributed by atoms with van der Waals surface area (Å²) in [4.78, 5) is 0. The van der Waals surface area contributed by atoms with Crippen LogP contribution >= 0.6 is 0 Å². The Morgan fingerprint density at radius 3 is 2.44 bits per heavy atom. The topological polar surface area (TPSA) is 29.5 Å². The van der Waals surface area contributed by atoms with Crippen LogP contribution in [-0.2, 0) is 11.3 Å². The summed E-state index contributed by atoms with van der Waals surface area (Å²) < 4.78 is 5.70. The van der Waals surface area contributed by atoms with Gasteiger partial charge < -0.3 is 9.84 Å². The van der Waals surface area contributed by atoms with Gasteiger partial charge in [0.05, 0.1) is 13.2 Å². The Morgan fingerprint density at radius 1 is 1.19 bits per heavy atom. The molecule has 1 N–H and O–H groups in total. The SMILES string of the molecule is CC1(C)[C@H](CO)[C@@H]1COCc1ccccc1. The Kier molecular flexibility index (Phi) is 3.31. The Labute approximate surface area is 97.3 Å². The van der Waals surface area contributed by atoms with Crippen molar-refractivity contribution >= 4 is 0 Å². The molecule has 0 aromatic heterocycles.